The smallest absolute Gasteiger partial charge is 0.0448 e. The van der Waals surface area contributed by atoms with Crippen molar-refractivity contribution in [2.24, 2.45) is 0 Å². The van der Waals surface area contributed by atoms with Crippen LogP contribution in [0.1, 0.15) is 5.56 Å². The molecule has 2 aromatic carbocycles. The number of nitrogens with zero attached hydrogens (tertiary/aromatic N) is 1. The van der Waals surface area contributed by atoms with Gasteiger partial charge in [-0.05, 0) is 22.5 Å². The van der Waals surface area contributed by atoms with Crippen LogP contribution in [0.15, 0.2) is 48.7 Å². The van der Waals surface area contributed by atoms with Gasteiger partial charge >= 0.3 is 0 Å². The van der Waals surface area contributed by atoms with Crippen LogP contribution in [0.4, 0.5) is 4.39 Å². The van der Waals surface area contributed by atoms with Crippen molar-refractivity contribution in [1.82, 2.24) is 4.98 Å². The van der Waals surface area contributed by atoms with E-state index in [0.29, 0.717) is 11.1 Å². The average molecular weight is 428 g/mol. The van der Waals surface area contributed by atoms with E-state index in [-0.39, 0.29) is 25.9 Å². The zero-order chi connectivity index (χ0) is 12.5. The number of halogens is 1. The summed E-state index contributed by atoms with van der Waals surface area (Å²) < 4.78 is 13.6. The van der Waals surface area contributed by atoms with Crippen LogP contribution in [-0.2, 0) is 20.1 Å². The quantitative estimate of drug-likeness (QED) is 0.531. The topological polar surface area (TPSA) is 12.9 Å². The number of aryl methyl sites for hydroxylation is 1. The molecule has 1 heterocycles. The molecule has 0 saturated heterocycles. The molecule has 97 valence electrons. The van der Waals surface area contributed by atoms with Crippen LogP contribution < -0.4 is 0 Å². The van der Waals surface area contributed by atoms with Gasteiger partial charge in [-0.3, -0.25) is 0 Å². The molecule has 1 radical (unpaired) electrons. The van der Waals surface area contributed by atoms with Gasteiger partial charge in [0.25, 0.3) is 0 Å². The third kappa shape index (κ3) is 2.58. The monoisotopic (exact) mass is 429 g/mol. The normalized spacial score (nSPS) is 10.2. The zero-order valence-electron chi connectivity index (χ0n) is 10.3. The summed E-state index contributed by atoms with van der Waals surface area (Å²) in [4.78, 5) is 4.35. The number of fused-ring (bicyclic) bond motifs is 1. The maximum atomic E-state index is 13.6. The summed E-state index contributed by atoms with van der Waals surface area (Å²) in [5.41, 5.74) is 2.06. The molecule has 0 N–H and O–H groups in total. The standard InChI is InChI=1S/C16H11FN.Ir/c1-11-6-7-13(10-15(11)17)16-14-5-3-2-4-12(14)8-9-18-16;/h2-6,8-10H,1H3;/q-1;. The van der Waals surface area contributed by atoms with E-state index in [4.69, 9.17) is 0 Å². The summed E-state index contributed by atoms with van der Waals surface area (Å²) in [6, 6.07) is 16.1. The van der Waals surface area contributed by atoms with Crippen LogP contribution in [0, 0.1) is 18.8 Å². The van der Waals surface area contributed by atoms with Gasteiger partial charge in [-0.25, -0.2) is 4.39 Å². The Morgan fingerprint density at radius 2 is 1.95 bits per heavy atom. The van der Waals surface area contributed by atoms with Crippen LogP contribution in [0.3, 0.4) is 0 Å². The van der Waals surface area contributed by atoms with Gasteiger partial charge in [-0.15, -0.1) is 23.8 Å². The Bertz CT molecular complexity index is 720. The number of hydrogen-bond donors (Lipinski definition) is 0. The minimum absolute atomic E-state index is 0. The van der Waals surface area contributed by atoms with Gasteiger partial charge in [0.15, 0.2) is 0 Å². The summed E-state index contributed by atoms with van der Waals surface area (Å²) in [6.45, 7) is 1.73. The number of rotatable bonds is 1. The van der Waals surface area contributed by atoms with Gasteiger partial charge in [0, 0.05) is 32.1 Å². The van der Waals surface area contributed by atoms with Crippen LogP contribution in [0.2, 0.25) is 0 Å². The van der Waals surface area contributed by atoms with E-state index in [1.165, 1.54) is 6.07 Å². The number of benzene rings is 2. The van der Waals surface area contributed by atoms with Gasteiger partial charge in [0.2, 0.25) is 0 Å². The van der Waals surface area contributed by atoms with Crippen molar-refractivity contribution in [1.29, 1.82) is 0 Å². The summed E-state index contributed by atoms with van der Waals surface area (Å²) in [7, 11) is 0. The Morgan fingerprint density at radius 3 is 2.74 bits per heavy atom. The molecule has 3 aromatic rings. The SMILES string of the molecule is Cc1c[c-]c(-c2nccc3ccccc23)cc1F.[Ir]. The predicted octanol–water partition coefficient (Wildman–Crippen LogP) is 4.15. The maximum absolute atomic E-state index is 13.6. The van der Waals surface area contributed by atoms with Crippen molar-refractivity contribution >= 4 is 10.8 Å². The van der Waals surface area contributed by atoms with E-state index in [1.54, 1.807) is 19.2 Å². The summed E-state index contributed by atoms with van der Waals surface area (Å²) in [6.07, 6.45) is 1.74. The number of aromatic nitrogens is 1. The second-order valence-electron chi connectivity index (χ2n) is 4.26. The van der Waals surface area contributed by atoms with Crippen molar-refractivity contribution in [3.63, 3.8) is 0 Å². The molecular formula is C16H11FIrN-. The molecule has 0 aliphatic carbocycles. The van der Waals surface area contributed by atoms with Gasteiger partial charge in [0.1, 0.15) is 0 Å². The largest absolute Gasteiger partial charge is 0.304 e. The first-order valence-corrected chi connectivity index (χ1v) is 5.77. The van der Waals surface area contributed by atoms with Gasteiger partial charge in [-0.1, -0.05) is 36.8 Å². The fourth-order valence-corrected chi connectivity index (χ4v) is 2.01. The van der Waals surface area contributed by atoms with E-state index >= 15 is 0 Å². The van der Waals surface area contributed by atoms with E-state index < -0.39 is 0 Å². The Kier molecular flexibility index (Phi) is 4.08. The molecule has 19 heavy (non-hydrogen) atoms. The summed E-state index contributed by atoms with van der Waals surface area (Å²) in [5.74, 6) is -0.224. The van der Waals surface area contributed by atoms with E-state index in [9.17, 15) is 4.39 Å². The molecule has 3 heteroatoms. The molecule has 0 fully saturated rings. The van der Waals surface area contributed by atoms with Crippen molar-refractivity contribution in [3.8, 4) is 11.3 Å². The Balaban J connectivity index is 0.00000133. The first-order chi connectivity index (χ1) is 8.75. The number of hydrogen-bond acceptors (Lipinski definition) is 1. The molecule has 0 amide bonds. The summed E-state index contributed by atoms with van der Waals surface area (Å²) >= 11 is 0. The van der Waals surface area contributed by atoms with Crippen molar-refractivity contribution in [2.75, 3.05) is 0 Å². The zero-order valence-corrected chi connectivity index (χ0v) is 12.7. The van der Waals surface area contributed by atoms with Gasteiger partial charge in [0.05, 0.1) is 0 Å². The van der Waals surface area contributed by atoms with Crippen molar-refractivity contribution in [2.45, 2.75) is 6.92 Å². The van der Waals surface area contributed by atoms with E-state index in [0.717, 1.165) is 16.5 Å². The van der Waals surface area contributed by atoms with Gasteiger partial charge < -0.3 is 4.98 Å². The second kappa shape index (κ2) is 5.60. The third-order valence-electron chi connectivity index (χ3n) is 3.02. The van der Waals surface area contributed by atoms with Crippen molar-refractivity contribution in [3.05, 3.63) is 66.1 Å². The van der Waals surface area contributed by atoms with Crippen LogP contribution in [0.5, 0.6) is 0 Å². The number of pyridine rings is 1. The molecule has 0 saturated carbocycles. The molecular weight excluding hydrogens is 417 g/mol. The van der Waals surface area contributed by atoms with Crippen LogP contribution >= 0.6 is 0 Å². The minimum atomic E-state index is -0.224. The molecule has 0 unspecified atom stereocenters. The Morgan fingerprint density at radius 1 is 1.16 bits per heavy atom. The molecule has 0 bridgehead atoms. The third-order valence-corrected chi connectivity index (χ3v) is 3.02. The first-order valence-electron chi connectivity index (χ1n) is 5.77. The molecule has 1 nitrogen and oxygen atoms in total. The molecule has 1 aromatic heterocycles. The van der Waals surface area contributed by atoms with E-state index in [2.05, 4.69) is 11.1 Å². The molecule has 3 rings (SSSR count). The Labute approximate surface area is 124 Å². The predicted molar refractivity (Wildman–Crippen MR) is 70.7 cm³/mol. The van der Waals surface area contributed by atoms with Gasteiger partial charge in [-0.2, -0.15) is 0 Å². The van der Waals surface area contributed by atoms with Crippen molar-refractivity contribution < 1.29 is 24.5 Å². The first kappa shape index (κ1) is 13.9. The average Bonchev–Trinajstić information content (AvgIpc) is 2.41. The second-order valence-corrected chi connectivity index (χ2v) is 4.26. The molecule has 0 spiro atoms. The summed E-state index contributed by atoms with van der Waals surface area (Å²) in [5, 5.41) is 2.11. The van der Waals surface area contributed by atoms with Crippen LogP contribution in [-0.4, -0.2) is 4.98 Å². The maximum Gasteiger partial charge on any atom is 0.0448 e. The minimum Gasteiger partial charge on any atom is -0.304 e. The van der Waals surface area contributed by atoms with Crippen LogP contribution in [0.25, 0.3) is 22.0 Å². The molecule has 0 aliphatic rings. The Hall–Kier alpha value is -1.57. The fraction of sp³-hybridized carbons (Fsp3) is 0.0625. The molecule has 0 aliphatic heterocycles. The molecule has 0 atom stereocenters. The van der Waals surface area contributed by atoms with E-state index in [1.807, 2.05) is 30.3 Å². The fourth-order valence-electron chi connectivity index (χ4n) is 2.01.